The highest BCUT2D eigenvalue weighted by Crippen LogP contribution is 1.98. The molecule has 0 aliphatic rings. The second-order valence-corrected chi connectivity index (χ2v) is 2.49. The van der Waals surface area contributed by atoms with E-state index in [1.807, 2.05) is 13.0 Å². The molecule has 0 aromatic rings. The summed E-state index contributed by atoms with van der Waals surface area (Å²) in [5.74, 6) is -0.281. The molecule has 0 bridgehead atoms. The molecule has 0 unspecified atom stereocenters. The third-order valence-electron chi connectivity index (χ3n) is 1.10. The molecule has 0 aliphatic heterocycles. The third-order valence-corrected chi connectivity index (χ3v) is 1.10. The number of hydrogen-bond donors (Lipinski definition) is 0. The van der Waals surface area contributed by atoms with Crippen molar-refractivity contribution in [1.29, 1.82) is 0 Å². The highest BCUT2D eigenvalue weighted by Gasteiger charge is 2.05. The van der Waals surface area contributed by atoms with E-state index in [1.165, 1.54) is 5.06 Å². The van der Waals surface area contributed by atoms with Gasteiger partial charge in [-0.05, 0) is 13.3 Å². The monoisotopic (exact) mass is 175 g/mol. The SMILES string of the molecule is CCC=C(C)C(=O)ON(C)C.O. The van der Waals surface area contributed by atoms with E-state index in [-0.39, 0.29) is 11.4 Å². The highest BCUT2D eigenvalue weighted by atomic mass is 16.7. The zero-order valence-electron chi connectivity index (χ0n) is 8.05. The Hall–Kier alpha value is -0.870. The molecule has 0 saturated carbocycles. The Labute approximate surface area is 73.1 Å². The Morgan fingerprint density at radius 3 is 2.33 bits per heavy atom. The van der Waals surface area contributed by atoms with Gasteiger partial charge in [-0.25, -0.2) is 4.79 Å². The zero-order chi connectivity index (χ0) is 8.85. The molecule has 0 atom stereocenters. The van der Waals surface area contributed by atoms with Crippen LogP contribution in [0.3, 0.4) is 0 Å². The molecule has 12 heavy (non-hydrogen) atoms. The number of nitrogens with zero attached hydrogens (tertiary/aromatic N) is 1. The van der Waals surface area contributed by atoms with Gasteiger partial charge in [-0.15, -0.1) is 5.06 Å². The molecule has 0 spiro atoms. The minimum atomic E-state index is -0.281. The fraction of sp³-hybridized carbons (Fsp3) is 0.625. The lowest BCUT2D eigenvalue weighted by molar-refractivity contribution is -0.172. The number of rotatable bonds is 3. The van der Waals surface area contributed by atoms with Crippen molar-refractivity contribution in [2.45, 2.75) is 20.3 Å². The molecule has 4 heteroatoms. The van der Waals surface area contributed by atoms with Crippen LogP contribution >= 0.6 is 0 Å². The minimum absolute atomic E-state index is 0. The van der Waals surface area contributed by atoms with Gasteiger partial charge in [-0.2, -0.15) is 0 Å². The molecule has 0 saturated heterocycles. The topological polar surface area (TPSA) is 61.0 Å². The van der Waals surface area contributed by atoms with Gasteiger partial charge in [0.25, 0.3) is 0 Å². The van der Waals surface area contributed by atoms with Crippen molar-refractivity contribution in [2.24, 2.45) is 0 Å². The van der Waals surface area contributed by atoms with E-state index in [0.717, 1.165) is 6.42 Å². The average Bonchev–Trinajstić information content (AvgIpc) is 1.86. The molecule has 0 aliphatic carbocycles. The minimum Gasteiger partial charge on any atom is -0.412 e. The van der Waals surface area contributed by atoms with Gasteiger partial charge in [0.15, 0.2) is 0 Å². The maximum Gasteiger partial charge on any atom is 0.352 e. The van der Waals surface area contributed by atoms with Crippen molar-refractivity contribution >= 4 is 5.97 Å². The molecular weight excluding hydrogens is 158 g/mol. The molecule has 0 aromatic carbocycles. The van der Waals surface area contributed by atoms with Gasteiger partial charge in [0, 0.05) is 19.7 Å². The Kier molecular flexibility index (Phi) is 7.78. The highest BCUT2D eigenvalue weighted by molar-refractivity contribution is 5.87. The van der Waals surface area contributed by atoms with Crippen LogP contribution in [0.5, 0.6) is 0 Å². The van der Waals surface area contributed by atoms with E-state index in [4.69, 9.17) is 4.84 Å². The lowest BCUT2D eigenvalue weighted by Gasteiger charge is -2.09. The summed E-state index contributed by atoms with van der Waals surface area (Å²) >= 11 is 0. The van der Waals surface area contributed by atoms with Crippen LogP contribution in [0.2, 0.25) is 0 Å². The first-order valence-corrected chi connectivity index (χ1v) is 3.64. The van der Waals surface area contributed by atoms with Crippen molar-refractivity contribution in [2.75, 3.05) is 14.1 Å². The van der Waals surface area contributed by atoms with Crippen LogP contribution in [0.25, 0.3) is 0 Å². The quantitative estimate of drug-likeness (QED) is 0.464. The Bertz CT molecular complexity index is 164. The predicted molar refractivity (Wildman–Crippen MR) is 47.4 cm³/mol. The summed E-state index contributed by atoms with van der Waals surface area (Å²) in [7, 11) is 3.36. The third kappa shape index (κ3) is 5.88. The molecule has 4 nitrogen and oxygen atoms in total. The average molecular weight is 175 g/mol. The van der Waals surface area contributed by atoms with Crippen molar-refractivity contribution in [3.63, 3.8) is 0 Å². The molecule has 0 aromatic heterocycles. The standard InChI is InChI=1S/C8H15NO2.H2O/c1-5-6-7(2)8(10)11-9(3)4;/h6H,5H2,1-4H3;1H2. The van der Waals surface area contributed by atoms with Gasteiger partial charge < -0.3 is 10.3 Å². The lowest BCUT2D eigenvalue weighted by atomic mass is 10.2. The zero-order valence-corrected chi connectivity index (χ0v) is 8.05. The van der Waals surface area contributed by atoms with Crippen LogP contribution in [-0.2, 0) is 9.63 Å². The molecule has 0 radical (unpaired) electrons. The molecule has 0 heterocycles. The molecule has 0 fully saturated rings. The smallest absolute Gasteiger partial charge is 0.352 e. The van der Waals surface area contributed by atoms with Crippen LogP contribution in [0, 0.1) is 0 Å². The number of carbonyl (C=O) groups excluding carboxylic acids is 1. The molecule has 0 rings (SSSR count). The molecule has 0 amide bonds. The number of hydroxylamine groups is 2. The van der Waals surface area contributed by atoms with Gasteiger partial charge in [0.2, 0.25) is 0 Å². The van der Waals surface area contributed by atoms with Gasteiger partial charge in [-0.3, -0.25) is 0 Å². The van der Waals surface area contributed by atoms with Crippen LogP contribution in [-0.4, -0.2) is 30.6 Å². The normalized spacial score (nSPS) is 10.9. The summed E-state index contributed by atoms with van der Waals surface area (Å²) in [5, 5.41) is 1.38. The first-order valence-electron chi connectivity index (χ1n) is 3.64. The largest absolute Gasteiger partial charge is 0.412 e. The van der Waals surface area contributed by atoms with Crippen LogP contribution in [0.1, 0.15) is 20.3 Å². The van der Waals surface area contributed by atoms with Crippen LogP contribution < -0.4 is 0 Å². The van der Waals surface area contributed by atoms with E-state index in [9.17, 15) is 4.79 Å². The molecule has 72 valence electrons. The molecular formula is C8H17NO3. The van der Waals surface area contributed by atoms with Crippen molar-refractivity contribution < 1.29 is 15.1 Å². The predicted octanol–water partition coefficient (Wildman–Crippen LogP) is 0.538. The second kappa shape index (κ2) is 6.82. The van der Waals surface area contributed by atoms with Crippen molar-refractivity contribution in [3.8, 4) is 0 Å². The van der Waals surface area contributed by atoms with E-state index < -0.39 is 0 Å². The summed E-state index contributed by atoms with van der Waals surface area (Å²) in [6.45, 7) is 3.72. The maximum atomic E-state index is 11.0. The van der Waals surface area contributed by atoms with E-state index in [0.29, 0.717) is 5.57 Å². The summed E-state index contributed by atoms with van der Waals surface area (Å²) in [4.78, 5) is 15.8. The Morgan fingerprint density at radius 2 is 2.00 bits per heavy atom. The number of carbonyl (C=O) groups is 1. The van der Waals surface area contributed by atoms with Crippen molar-refractivity contribution in [3.05, 3.63) is 11.6 Å². The van der Waals surface area contributed by atoms with Crippen molar-refractivity contribution in [1.82, 2.24) is 5.06 Å². The van der Waals surface area contributed by atoms with E-state index >= 15 is 0 Å². The first kappa shape index (κ1) is 13.7. The Balaban J connectivity index is 0. The summed E-state index contributed by atoms with van der Waals surface area (Å²) in [6, 6.07) is 0. The van der Waals surface area contributed by atoms with Crippen LogP contribution in [0.15, 0.2) is 11.6 Å². The number of allylic oxidation sites excluding steroid dienone is 1. The van der Waals surface area contributed by atoms with Gasteiger partial charge in [0.1, 0.15) is 0 Å². The summed E-state index contributed by atoms with van der Waals surface area (Å²) < 4.78 is 0. The fourth-order valence-corrected chi connectivity index (χ4v) is 0.627. The number of hydrogen-bond acceptors (Lipinski definition) is 3. The summed E-state index contributed by atoms with van der Waals surface area (Å²) in [6.07, 6.45) is 2.69. The van der Waals surface area contributed by atoms with Gasteiger partial charge >= 0.3 is 5.97 Å². The van der Waals surface area contributed by atoms with Gasteiger partial charge in [-0.1, -0.05) is 13.0 Å². The summed E-state index contributed by atoms with van der Waals surface area (Å²) in [5.41, 5.74) is 0.654. The first-order chi connectivity index (χ1) is 5.07. The second-order valence-electron chi connectivity index (χ2n) is 2.49. The van der Waals surface area contributed by atoms with Crippen LogP contribution in [0.4, 0.5) is 0 Å². The fourth-order valence-electron chi connectivity index (χ4n) is 0.627. The molecule has 2 N–H and O–H groups in total. The lowest BCUT2D eigenvalue weighted by Crippen LogP contribution is -2.18. The van der Waals surface area contributed by atoms with E-state index in [1.54, 1.807) is 21.0 Å². The Morgan fingerprint density at radius 1 is 1.50 bits per heavy atom. The van der Waals surface area contributed by atoms with Gasteiger partial charge in [0.05, 0.1) is 0 Å². The van der Waals surface area contributed by atoms with E-state index in [2.05, 4.69) is 0 Å². The maximum absolute atomic E-state index is 11.0.